The van der Waals surface area contributed by atoms with E-state index in [4.69, 9.17) is 5.11 Å². The minimum Gasteiger partial charge on any atom is -0.476 e. The fourth-order valence-electron chi connectivity index (χ4n) is 1.16. The molecule has 0 aromatic carbocycles. The predicted octanol–water partition coefficient (Wildman–Crippen LogP) is 2.88. The number of aromatic carboxylic acids is 1. The molecule has 0 unspecified atom stereocenters. The number of carboxylic acid groups (broad SMARTS) is 1. The Labute approximate surface area is 89.7 Å². The summed E-state index contributed by atoms with van der Waals surface area (Å²) in [5, 5.41) is 8.39. The van der Waals surface area contributed by atoms with Crippen LogP contribution in [0.15, 0.2) is 6.07 Å². The first-order chi connectivity index (χ1) is 7.64. The van der Waals surface area contributed by atoms with Gasteiger partial charge in [0.1, 0.15) is 0 Å². The lowest BCUT2D eigenvalue weighted by atomic mass is 10.1. The summed E-state index contributed by atoms with van der Waals surface area (Å²) in [7, 11) is 0. The number of pyridine rings is 1. The lowest BCUT2D eigenvalue weighted by molar-refractivity contribution is -0.140. The van der Waals surface area contributed by atoms with Gasteiger partial charge in [-0.05, 0) is 0 Å². The van der Waals surface area contributed by atoms with Crippen molar-refractivity contribution >= 4 is 5.97 Å². The Bertz CT molecular complexity index is 456. The van der Waals surface area contributed by atoms with E-state index in [1.54, 1.807) is 0 Å². The Balaban J connectivity index is 3.66. The lowest BCUT2D eigenvalue weighted by Gasteiger charge is -2.14. The molecule has 0 fully saturated rings. The maximum absolute atomic E-state index is 12.6. The standard InChI is InChI=1S/C8H3F6NO2/c9-3-1-2(6(10)11)4(8(12,13)14)5(15-3)7(16)17/h1,6H,(H,16,17). The third-order valence-electron chi connectivity index (χ3n) is 1.74. The van der Waals surface area contributed by atoms with Crippen LogP contribution < -0.4 is 0 Å². The van der Waals surface area contributed by atoms with E-state index in [0.717, 1.165) is 0 Å². The lowest BCUT2D eigenvalue weighted by Crippen LogP contribution is -2.19. The Morgan fingerprint density at radius 1 is 1.35 bits per heavy atom. The van der Waals surface area contributed by atoms with Gasteiger partial charge < -0.3 is 5.11 Å². The quantitative estimate of drug-likeness (QED) is 0.656. The highest BCUT2D eigenvalue weighted by atomic mass is 19.4. The van der Waals surface area contributed by atoms with Crippen LogP contribution in [0.5, 0.6) is 0 Å². The molecule has 17 heavy (non-hydrogen) atoms. The highest BCUT2D eigenvalue weighted by Gasteiger charge is 2.41. The van der Waals surface area contributed by atoms with Crippen molar-refractivity contribution in [1.29, 1.82) is 0 Å². The molecular formula is C8H3F6NO2. The summed E-state index contributed by atoms with van der Waals surface area (Å²) in [6, 6.07) is -0.139. The molecular weight excluding hydrogens is 256 g/mol. The predicted molar refractivity (Wildman–Crippen MR) is 41.1 cm³/mol. The molecule has 0 spiro atoms. The van der Waals surface area contributed by atoms with E-state index in [1.165, 1.54) is 0 Å². The summed E-state index contributed by atoms with van der Waals surface area (Å²) in [4.78, 5) is 12.9. The second-order valence-electron chi connectivity index (χ2n) is 2.86. The molecule has 0 aliphatic carbocycles. The van der Waals surface area contributed by atoms with Crippen molar-refractivity contribution < 1.29 is 36.2 Å². The molecule has 0 radical (unpaired) electrons. The van der Waals surface area contributed by atoms with Crippen molar-refractivity contribution in [3.63, 3.8) is 0 Å². The number of aromatic nitrogens is 1. The van der Waals surface area contributed by atoms with Crippen molar-refractivity contribution in [1.82, 2.24) is 4.98 Å². The third kappa shape index (κ3) is 2.66. The highest BCUT2D eigenvalue weighted by Crippen LogP contribution is 2.38. The van der Waals surface area contributed by atoms with Crippen LogP contribution in [0.25, 0.3) is 0 Å². The second kappa shape index (κ2) is 4.22. The van der Waals surface area contributed by atoms with E-state index >= 15 is 0 Å². The molecule has 0 aliphatic rings. The largest absolute Gasteiger partial charge is 0.476 e. The van der Waals surface area contributed by atoms with Crippen LogP contribution in [0, 0.1) is 5.95 Å². The van der Waals surface area contributed by atoms with E-state index in [0.29, 0.717) is 0 Å². The Morgan fingerprint density at radius 2 is 1.88 bits per heavy atom. The fraction of sp³-hybridized carbons (Fsp3) is 0.250. The van der Waals surface area contributed by atoms with Gasteiger partial charge in [-0.2, -0.15) is 17.6 Å². The van der Waals surface area contributed by atoms with E-state index in [1.807, 2.05) is 0 Å². The van der Waals surface area contributed by atoms with Gasteiger partial charge >= 0.3 is 12.1 Å². The van der Waals surface area contributed by atoms with E-state index in [2.05, 4.69) is 4.98 Å². The summed E-state index contributed by atoms with van der Waals surface area (Å²) >= 11 is 0. The average molecular weight is 259 g/mol. The molecule has 1 aromatic rings. The zero-order chi connectivity index (χ0) is 13.4. The first kappa shape index (κ1) is 13.3. The van der Waals surface area contributed by atoms with Gasteiger partial charge in [-0.3, -0.25) is 0 Å². The van der Waals surface area contributed by atoms with Crippen molar-refractivity contribution in [2.24, 2.45) is 0 Å². The van der Waals surface area contributed by atoms with Gasteiger partial charge in [-0.1, -0.05) is 0 Å². The summed E-state index contributed by atoms with van der Waals surface area (Å²) in [6.45, 7) is 0. The summed E-state index contributed by atoms with van der Waals surface area (Å²) in [5.74, 6) is -3.95. The number of halogens is 6. The first-order valence-corrected chi connectivity index (χ1v) is 3.93. The molecule has 1 aromatic heterocycles. The van der Waals surface area contributed by atoms with Crippen molar-refractivity contribution in [3.05, 3.63) is 28.8 Å². The zero-order valence-corrected chi connectivity index (χ0v) is 7.73. The molecule has 1 heterocycles. The van der Waals surface area contributed by atoms with Crippen LogP contribution >= 0.6 is 0 Å². The smallest absolute Gasteiger partial charge is 0.419 e. The Morgan fingerprint density at radius 3 is 2.24 bits per heavy atom. The molecule has 0 amide bonds. The average Bonchev–Trinajstić information content (AvgIpc) is 2.14. The molecule has 9 heteroatoms. The van der Waals surface area contributed by atoms with Crippen molar-refractivity contribution in [3.8, 4) is 0 Å². The van der Waals surface area contributed by atoms with E-state index in [-0.39, 0.29) is 6.07 Å². The van der Waals surface area contributed by atoms with Crippen LogP contribution in [-0.4, -0.2) is 16.1 Å². The molecule has 94 valence electrons. The zero-order valence-electron chi connectivity index (χ0n) is 7.73. The molecule has 1 N–H and O–H groups in total. The van der Waals surface area contributed by atoms with Gasteiger partial charge in [-0.25, -0.2) is 18.6 Å². The highest BCUT2D eigenvalue weighted by molar-refractivity contribution is 5.87. The summed E-state index contributed by atoms with van der Waals surface area (Å²) in [6.07, 6.45) is -9.03. The Kier molecular flexibility index (Phi) is 3.30. The molecule has 1 rings (SSSR count). The number of rotatable bonds is 2. The number of alkyl halides is 5. The van der Waals surface area contributed by atoms with Crippen molar-refractivity contribution in [2.75, 3.05) is 0 Å². The number of hydrogen-bond acceptors (Lipinski definition) is 2. The van der Waals surface area contributed by atoms with Crippen LogP contribution in [0.1, 0.15) is 28.0 Å². The van der Waals surface area contributed by atoms with Gasteiger partial charge in [0.2, 0.25) is 5.95 Å². The maximum atomic E-state index is 12.6. The molecule has 3 nitrogen and oxygen atoms in total. The fourth-order valence-corrected chi connectivity index (χ4v) is 1.16. The number of nitrogens with zero attached hydrogens (tertiary/aromatic N) is 1. The van der Waals surface area contributed by atoms with E-state index < -0.39 is 41.3 Å². The van der Waals surface area contributed by atoms with Gasteiger partial charge in [0.15, 0.2) is 5.69 Å². The van der Waals surface area contributed by atoms with Gasteiger partial charge in [0.25, 0.3) is 6.43 Å². The van der Waals surface area contributed by atoms with Gasteiger partial charge in [-0.15, -0.1) is 0 Å². The van der Waals surface area contributed by atoms with Crippen LogP contribution in [0.2, 0.25) is 0 Å². The Hall–Kier alpha value is -1.80. The van der Waals surface area contributed by atoms with Gasteiger partial charge in [0.05, 0.1) is 5.56 Å². The number of carboxylic acids is 1. The third-order valence-corrected chi connectivity index (χ3v) is 1.74. The minimum absolute atomic E-state index is 0.139. The topological polar surface area (TPSA) is 50.2 Å². The molecule has 0 bridgehead atoms. The van der Waals surface area contributed by atoms with Crippen molar-refractivity contribution in [2.45, 2.75) is 12.6 Å². The normalized spacial score (nSPS) is 11.9. The molecule has 0 atom stereocenters. The number of carbonyl (C=O) groups is 1. The second-order valence-corrected chi connectivity index (χ2v) is 2.86. The number of hydrogen-bond donors (Lipinski definition) is 1. The molecule has 0 aliphatic heterocycles. The maximum Gasteiger partial charge on any atom is 0.419 e. The molecule has 0 saturated heterocycles. The molecule has 0 saturated carbocycles. The van der Waals surface area contributed by atoms with E-state index in [9.17, 15) is 31.1 Å². The summed E-state index contributed by atoms with van der Waals surface area (Å²) < 4.78 is 74.4. The minimum atomic E-state index is -5.36. The van der Waals surface area contributed by atoms with Crippen LogP contribution in [0.4, 0.5) is 26.3 Å². The summed E-state index contributed by atoms with van der Waals surface area (Å²) in [5.41, 5.74) is -5.67. The SMILES string of the molecule is O=C(O)c1nc(F)cc(C(F)F)c1C(F)(F)F. The van der Waals surface area contributed by atoms with Gasteiger partial charge in [0, 0.05) is 11.6 Å². The van der Waals surface area contributed by atoms with Crippen LogP contribution in [0.3, 0.4) is 0 Å². The monoisotopic (exact) mass is 259 g/mol. The first-order valence-electron chi connectivity index (χ1n) is 3.93. The van der Waals surface area contributed by atoms with Crippen LogP contribution in [-0.2, 0) is 6.18 Å².